The number of anilines is 1. The van der Waals surface area contributed by atoms with E-state index in [1.165, 1.54) is 17.2 Å². The van der Waals surface area contributed by atoms with Crippen LogP contribution in [0.25, 0.3) is 0 Å². The van der Waals surface area contributed by atoms with Gasteiger partial charge in [0.1, 0.15) is 0 Å². The smallest absolute Gasteiger partial charge is 0.251 e. The van der Waals surface area contributed by atoms with Crippen molar-refractivity contribution in [2.75, 3.05) is 24.7 Å². The zero-order chi connectivity index (χ0) is 17.5. The molecule has 2 rings (SSSR count). The molecule has 7 nitrogen and oxygen atoms in total. The number of hydrogen-bond donors (Lipinski definition) is 2. The minimum absolute atomic E-state index is 0.0700. The lowest BCUT2D eigenvalue weighted by molar-refractivity contribution is -0.131. The van der Waals surface area contributed by atoms with Gasteiger partial charge in [-0.2, -0.15) is 0 Å². The van der Waals surface area contributed by atoms with Crippen molar-refractivity contribution in [2.45, 2.75) is 5.16 Å². The fourth-order valence-electron chi connectivity index (χ4n) is 1.72. The second-order valence-electron chi connectivity index (χ2n) is 4.81. The van der Waals surface area contributed by atoms with Crippen LogP contribution in [0.1, 0.15) is 0 Å². The fraction of sp³-hybridized carbons (Fsp3) is 0.200. The van der Waals surface area contributed by atoms with Crippen LogP contribution in [0.5, 0.6) is 0 Å². The van der Waals surface area contributed by atoms with E-state index in [-0.39, 0.29) is 29.7 Å². The van der Waals surface area contributed by atoms with Gasteiger partial charge in [0.05, 0.1) is 18.0 Å². The van der Waals surface area contributed by atoms with E-state index in [0.717, 1.165) is 16.2 Å². The highest BCUT2D eigenvalue weighted by molar-refractivity contribution is 9.10. The van der Waals surface area contributed by atoms with E-state index in [9.17, 15) is 14.4 Å². The lowest BCUT2D eigenvalue weighted by Gasteiger charge is -2.16. The normalized spacial score (nSPS) is 10.2. The second kappa shape index (κ2) is 8.65. The summed E-state index contributed by atoms with van der Waals surface area (Å²) < 4.78 is 0.766. The zero-order valence-electron chi connectivity index (χ0n) is 12.8. The first-order valence-corrected chi connectivity index (χ1v) is 8.70. The molecule has 126 valence electrons. The van der Waals surface area contributed by atoms with E-state index < -0.39 is 0 Å². The van der Waals surface area contributed by atoms with Crippen LogP contribution in [-0.4, -0.2) is 46.0 Å². The molecule has 0 aliphatic carbocycles. The fourth-order valence-corrected chi connectivity index (χ4v) is 2.89. The van der Waals surface area contributed by atoms with Crippen molar-refractivity contribution in [1.82, 2.24) is 14.9 Å². The Labute approximate surface area is 151 Å². The maximum atomic E-state index is 12.1. The third-order valence-electron chi connectivity index (χ3n) is 2.93. The number of halogens is 1. The summed E-state index contributed by atoms with van der Waals surface area (Å²) in [6, 6.07) is 8.52. The molecule has 0 atom stereocenters. The first-order valence-electron chi connectivity index (χ1n) is 6.92. The zero-order valence-corrected chi connectivity index (χ0v) is 15.2. The van der Waals surface area contributed by atoms with Crippen molar-refractivity contribution in [1.29, 1.82) is 0 Å². The number of carbonyl (C=O) groups excluding carboxylic acids is 2. The van der Waals surface area contributed by atoms with E-state index in [1.54, 1.807) is 19.2 Å². The molecule has 0 bridgehead atoms. The van der Waals surface area contributed by atoms with Gasteiger partial charge in [-0.3, -0.25) is 14.4 Å². The number of rotatable bonds is 6. The number of aromatic nitrogens is 2. The van der Waals surface area contributed by atoms with Gasteiger partial charge in [-0.1, -0.05) is 23.9 Å². The van der Waals surface area contributed by atoms with Crippen molar-refractivity contribution in [3.8, 4) is 0 Å². The van der Waals surface area contributed by atoms with Gasteiger partial charge in [-0.05, 0) is 28.1 Å². The number of likely N-dealkylation sites (N-methyl/N-ethyl adjacent to an activating group) is 1. The Morgan fingerprint density at radius 3 is 2.79 bits per heavy atom. The SMILES string of the molecule is CN(CC(=O)Nc1ccccc1Br)C(=O)CSc1nccc(=O)[nH]1. The summed E-state index contributed by atoms with van der Waals surface area (Å²) >= 11 is 4.45. The van der Waals surface area contributed by atoms with Crippen LogP contribution in [0.3, 0.4) is 0 Å². The lowest BCUT2D eigenvalue weighted by atomic mass is 10.3. The highest BCUT2D eigenvalue weighted by atomic mass is 79.9. The predicted octanol–water partition coefficient (Wildman–Crippen LogP) is 1.72. The molecule has 1 aromatic heterocycles. The average Bonchev–Trinajstić information content (AvgIpc) is 2.54. The number of amides is 2. The largest absolute Gasteiger partial charge is 0.336 e. The third kappa shape index (κ3) is 5.50. The molecule has 9 heteroatoms. The Bertz CT molecular complexity index is 796. The van der Waals surface area contributed by atoms with E-state index in [2.05, 4.69) is 31.2 Å². The minimum atomic E-state index is -0.297. The van der Waals surface area contributed by atoms with E-state index >= 15 is 0 Å². The standard InChI is InChI=1S/C15H15BrN4O3S/c1-20(8-13(22)18-11-5-3-2-4-10(11)16)14(23)9-24-15-17-7-6-12(21)19-15/h2-7H,8-9H2,1H3,(H,18,22)(H,17,19,21). The Morgan fingerprint density at radius 1 is 1.33 bits per heavy atom. The Balaban J connectivity index is 1.83. The van der Waals surface area contributed by atoms with Crippen LogP contribution >= 0.6 is 27.7 Å². The number of aromatic amines is 1. The minimum Gasteiger partial charge on any atom is -0.336 e. The van der Waals surface area contributed by atoms with Crippen molar-refractivity contribution in [2.24, 2.45) is 0 Å². The lowest BCUT2D eigenvalue weighted by Crippen LogP contribution is -2.36. The molecule has 0 radical (unpaired) electrons. The monoisotopic (exact) mass is 410 g/mol. The average molecular weight is 411 g/mol. The molecule has 2 amide bonds. The van der Waals surface area contributed by atoms with Crippen LogP contribution in [-0.2, 0) is 9.59 Å². The van der Waals surface area contributed by atoms with E-state index in [4.69, 9.17) is 0 Å². The number of nitrogens with one attached hydrogen (secondary N) is 2. The first kappa shape index (κ1) is 18.2. The molecule has 2 aromatic rings. The van der Waals surface area contributed by atoms with Crippen LogP contribution in [0.4, 0.5) is 5.69 Å². The van der Waals surface area contributed by atoms with Crippen molar-refractivity contribution in [3.63, 3.8) is 0 Å². The number of nitrogens with zero attached hydrogens (tertiary/aromatic N) is 2. The van der Waals surface area contributed by atoms with Crippen LogP contribution in [0.2, 0.25) is 0 Å². The molecule has 0 saturated heterocycles. The number of H-pyrrole nitrogens is 1. The van der Waals surface area contributed by atoms with Gasteiger partial charge in [-0.15, -0.1) is 0 Å². The molecular weight excluding hydrogens is 396 g/mol. The molecular formula is C15H15BrN4O3S. The number of benzene rings is 1. The summed E-state index contributed by atoms with van der Waals surface area (Å²) in [6.45, 7) is -0.0700. The topological polar surface area (TPSA) is 95.2 Å². The molecule has 2 N–H and O–H groups in total. The predicted molar refractivity (Wildman–Crippen MR) is 96.0 cm³/mol. The maximum Gasteiger partial charge on any atom is 0.251 e. The number of thioether (sulfide) groups is 1. The number of carbonyl (C=O) groups is 2. The van der Waals surface area contributed by atoms with Crippen molar-refractivity contribution < 1.29 is 9.59 Å². The molecule has 1 heterocycles. The van der Waals surface area contributed by atoms with E-state index in [0.29, 0.717) is 10.8 Å². The molecule has 1 aromatic carbocycles. The summed E-state index contributed by atoms with van der Waals surface area (Å²) in [4.78, 5) is 43.0. The third-order valence-corrected chi connectivity index (χ3v) is 4.50. The Hall–Kier alpha value is -2.13. The molecule has 24 heavy (non-hydrogen) atoms. The molecule has 0 saturated carbocycles. The highest BCUT2D eigenvalue weighted by Gasteiger charge is 2.14. The van der Waals surface area contributed by atoms with Gasteiger partial charge in [0.2, 0.25) is 11.8 Å². The summed E-state index contributed by atoms with van der Waals surface area (Å²) in [7, 11) is 1.55. The van der Waals surface area contributed by atoms with Gasteiger partial charge in [0.15, 0.2) is 5.16 Å². The quantitative estimate of drug-likeness (QED) is 0.558. The summed E-state index contributed by atoms with van der Waals surface area (Å²) in [5, 5.41) is 3.09. The summed E-state index contributed by atoms with van der Waals surface area (Å²) in [6.07, 6.45) is 1.38. The summed E-state index contributed by atoms with van der Waals surface area (Å²) in [5.41, 5.74) is 0.366. The number of hydrogen-bond acceptors (Lipinski definition) is 5. The van der Waals surface area contributed by atoms with Gasteiger partial charge in [-0.25, -0.2) is 4.98 Å². The summed E-state index contributed by atoms with van der Waals surface area (Å²) in [5.74, 6) is -0.464. The van der Waals surface area contributed by atoms with Crippen molar-refractivity contribution in [3.05, 3.63) is 51.4 Å². The molecule has 0 fully saturated rings. The molecule has 0 aliphatic heterocycles. The molecule has 0 spiro atoms. The van der Waals surface area contributed by atoms with Crippen LogP contribution in [0.15, 0.2) is 51.0 Å². The second-order valence-corrected chi connectivity index (χ2v) is 6.62. The van der Waals surface area contributed by atoms with Gasteiger partial charge in [0.25, 0.3) is 5.56 Å². The Morgan fingerprint density at radius 2 is 2.08 bits per heavy atom. The van der Waals surface area contributed by atoms with E-state index in [1.807, 2.05) is 12.1 Å². The van der Waals surface area contributed by atoms with Gasteiger partial charge in [0, 0.05) is 23.8 Å². The van der Waals surface area contributed by atoms with Gasteiger partial charge >= 0.3 is 0 Å². The highest BCUT2D eigenvalue weighted by Crippen LogP contribution is 2.21. The van der Waals surface area contributed by atoms with Gasteiger partial charge < -0.3 is 15.2 Å². The molecule has 0 unspecified atom stereocenters. The van der Waals surface area contributed by atoms with Crippen LogP contribution < -0.4 is 10.9 Å². The van der Waals surface area contributed by atoms with Crippen LogP contribution in [0, 0.1) is 0 Å². The maximum absolute atomic E-state index is 12.1. The number of para-hydroxylation sites is 1. The Kier molecular flexibility index (Phi) is 6.56. The first-order chi connectivity index (χ1) is 11.5. The van der Waals surface area contributed by atoms with Crippen molar-refractivity contribution >= 4 is 45.2 Å². The molecule has 0 aliphatic rings.